The van der Waals surface area contributed by atoms with Gasteiger partial charge in [-0.05, 0) is 93.0 Å². The number of hydrogen-bond donors (Lipinski definition) is 1. The van der Waals surface area contributed by atoms with Crippen LogP contribution < -0.4 is 0 Å². The predicted octanol–water partition coefficient (Wildman–Crippen LogP) is 4.13. The summed E-state index contributed by atoms with van der Waals surface area (Å²) in [6, 6.07) is 0. The van der Waals surface area contributed by atoms with Crippen molar-refractivity contribution in [2.24, 2.45) is 40.4 Å². The van der Waals surface area contributed by atoms with Crippen molar-refractivity contribution >= 4 is 5.78 Å². The van der Waals surface area contributed by atoms with Gasteiger partial charge in [-0.3, -0.25) is 4.79 Å². The minimum atomic E-state index is -0.0502. The molecule has 2 nitrogen and oxygen atoms in total. The molecular formula is C21H30O2. The molecule has 0 aromatic heterocycles. The largest absolute Gasteiger partial charge is 0.393 e. The second-order valence-electron chi connectivity index (χ2n) is 9.60. The van der Waals surface area contributed by atoms with E-state index >= 15 is 0 Å². The first kappa shape index (κ1) is 14.7. The normalized spacial score (nSPS) is 57.6. The molecule has 0 radical (unpaired) electrons. The fourth-order valence-electron chi connectivity index (χ4n) is 8.05. The highest BCUT2D eigenvalue weighted by Crippen LogP contribution is 2.69. The average Bonchev–Trinajstić information content (AvgIpc) is 3.06. The number of hydrogen-bond acceptors (Lipinski definition) is 2. The van der Waals surface area contributed by atoms with Gasteiger partial charge in [-0.1, -0.05) is 13.0 Å². The van der Waals surface area contributed by atoms with Crippen LogP contribution in [0.5, 0.6) is 0 Å². The smallest absolute Gasteiger partial charge is 0.159 e. The highest BCUT2D eigenvalue weighted by Gasteiger charge is 2.63. The van der Waals surface area contributed by atoms with Crippen LogP contribution in [0.4, 0.5) is 0 Å². The van der Waals surface area contributed by atoms with E-state index in [1.165, 1.54) is 38.5 Å². The number of aliphatic hydroxyl groups excluding tert-OH is 1. The zero-order valence-electron chi connectivity index (χ0n) is 14.3. The number of allylic oxidation sites excluding steroid dienone is 2. The van der Waals surface area contributed by atoms with E-state index in [-0.39, 0.29) is 11.5 Å². The Balaban J connectivity index is 1.48. The topological polar surface area (TPSA) is 37.3 Å². The van der Waals surface area contributed by atoms with E-state index in [0.717, 1.165) is 42.9 Å². The van der Waals surface area contributed by atoms with Crippen LogP contribution in [0.1, 0.15) is 64.7 Å². The van der Waals surface area contributed by atoms with E-state index in [0.29, 0.717) is 17.1 Å². The standard InChI is InChI=1S/C21H30O2/c1-20-9-6-14(22)12-13(20)2-3-15-16(20)7-10-21-11-8-19(23)18(21)5-4-17(15)21/h8,11,13-18,22H,2-7,9-10,12H2,1H3/t13-,14+,15+,16-,17-,18+,20-,21+/m0/s1. The number of carbonyl (C=O) groups is 1. The van der Waals surface area contributed by atoms with Crippen molar-refractivity contribution < 1.29 is 9.90 Å². The molecule has 8 atom stereocenters. The lowest BCUT2D eigenvalue weighted by molar-refractivity contribution is -0.129. The van der Waals surface area contributed by atoms with Crippen LogP contribution in [0, 0.1) is 40.4 Å². The summed E-state index contributed by atoms with van der Waals surface area (Å²) >= 11 is 0. The zero-order valence-corrected chi connectivity index (χ0v) is 14.3. The van der Waals surface area contributed by atoms with Gasteiger partial charge >= 0.3 is 0 Å². The Morgan fingerprint density at radius 2 is 1.91 bits per heavy atom. The molecule has 5 aliphatic carbocycles. The third-order valence-corrected chi connectivity index (χ3v) is 9.13. The Morgan fingerprint density at radius 3 is 2.78 bits per heavy atom. The number of fused-ring (bicyclic) bond motifs is 4. The highest BCUT2D eigenvalue weighted by atomic mass is 16.3. The highest BCUT2D eigenvalue weighted by molar-refractivity contribution is 5.95. The molecule has 5 rings (SSSR count). The van der Waals surface area contributed by atoms with Crippen LogP contribution in [-0.4, -0.2) is 17.0 Å². The molecule has 2 heteroatoms. The summed E-state index contributed by atoms with van der Waals surface area (Å²) in [5.74, 6) is 3.92. The zero-order chi connectivity index (χ0) is 15.8. The molecule has 4 fully saturated rings. The summed E-state index contributed by atoms with van der Waals surface area (Å²) in [5.41, 5.74) is 0.698. The maximum Gasteiger partial charge on any atom is 0.159 e. The van der Waals surface area contributed by atoms with Crippen LogP contribution in [0.15, 0.2) is 12.2 Å². The fourth-order valence-corrected chi connectivity index (χ4v) is 8.05. The molecule has 5 aliphatic rings. The molecule has 4 saturated carbocycles. The molecular weight excluding hydrogens is 284 g/mol. The van der Waals surface area contributed by atoms with Crippen LogP contribution >= 0.6 is 0 Å². The first-order chi connectivity index (χ1) is 11.0. The quantitative estimate of drug-likeness (QED) is 0.730. The molecule has 0 amide bonds. The lowest BCUT2D eigenvalue weighted by Crippen LogP contribution is -2.54. The van der Waals surface area contributed by atoms with Crippen molar-refractivity contribution in [2.45, 2.75) is 70.8 Å². The Kier molecular flexibility index (Phi) is 3.01. The summed E-state index contributed by atoms with van der Waals surface area (Å²) < 4.78 is 0. The molecule has 0 heterocycles. The lowest BCUT2D eigenvalue weighted by atomic mass is 9.44. The van der Waals surface area contributed by atoms with Crippen LogP contribution in [0.3, 0.4) is 0 Å². The van der Waals surface area contributed by atoms with Crippen molar-refractivity contribution in [2.75, 3.05) is 0 Å². The van der Waals surface area contributed by atoms with E-state index < -0.39 is 0 Å². The van der Waals surface area contributed by atoms with E-state index in [4.69, 9.17) is 0 Å². The second kappa shape index (κ2) is 4.71. The molecule has 0 aromatic carbocycles. The van der Waals surface area contributed by atoms with Crippen LogP contribution in [0.2, 0.25) is 0 Å². The molecule has 0 bridgehead atoms. The van der Waals surface area contributed by atoms with Gasteiger partial charge in [-0.25, -0.2) is 0 Å². The third kappa shape index (κ3) is 1.77. The molecule has 1 spiro atoms. The Hall–Kier alpha value is -0.630. The maximum atomic E-state index is 12.3. The van der Waals surface area contributed by atoms with Gasteiger partial charge in [0.15, 0.2) is 5.78 Å². The molecule has 23 heavy (non-hydrogen) atoms. The summed E-state index contributed by atoms with van der Waals surface area (Å²) in [6.07, 6.45) is 15.1. The maximum absolute atomic E-state index is 12.3. The van der Waals surface area contributed by atoms with E-state index in [1.807, 2.05) is 6.08 Å². The molecule has 0 saturated heterocycles. The van der Waals surface area contributed by atoms with Gasteiger partial charge in [-0.2, -0.15) is 0 Å². The minimum absolute atomic E-state index is 0.0502. The summed E-state index contributed by atoms with van der Waals surface area (Å²) in [7, 11) is 0. The van der Waals surface area contributed by atoms with Crippen LogP contribution in [-0.2, 0) is 4.79 Å². The first-order valence-corrected chi connectivity index (χ1v) is 9.96. The molecule has 1 N–H and O–H groups in total. The lowest BCUT2D eigenvalue weighted by Gasteiger charge is -2.60. The predicted molar refractivity (Wildman–Crippen MR) is 89.7 cm³/mol. The number of carbonyl (C=O) groups excluding carboxylic acids is 1. The molecule has 126 valence electrons. The van der Waals surface area contributed by atoms with E-state index in [2.05, 4.69) is 13.0 Å². The number of rotatable bonds is 0. The van der Waals surface area contributed by atoms with E-state index in [1.54, 1.807) is 0 Å². The minimum Gasteiger partial charge on any atom is -0.393 e. The van der Waals surface area contributed by atoms with Crippen molar-refractivity contribution in [3.63, 3.8) is 0 Å². The summed E-state index contributed by atoms with van der Waals surface area (Å²) in [5, 5.41) is 10.1. The monoisotopic (exact) mass is 314 g/mol. The van der Waals surface area contributed by atoms with Crippen molar-refractivity contribution in [1.82, 2.24) is 0 Å². The first-order valence-electron chi connectivity index (χ1n) is 9.96. The fraction of sp³-hybridized carbons (Fsp3) is 0.857. The second-order valence-corrected chi connectivity index (χ2v) is 9.60. The van der Waals surface area contributed by atoms with Gasteiger partial charge in [0.1, 0.15) is 0 Å². The van der Waals surface area contributed by atoms with Crippen LogP contribution in [0.25, 0.3) is 0 Å². The van der Waals surface area contributed by atoms with Crippen molar-refractivity contribution in [3.05, 3.63) is 12.2 Å². The molecule has 0 aromatic rings. The number of ketones is 1. The summed E-state index contributed by atoms with van der Waals surface area (Å²) in [6.45, 7) is 2.54. The van der Waals surface area contributed by atoms with Gasteiger partial charge in [0.25, 0.3) is 0 Å². The SMILES string of the molecule is C[C@]12CC[C@@H](O)C[C@@H]1CC[C@@H]1[C@@H]2CC[C@]23C=CC(=O)[C@H]2CC[C@@H]13. The average molecular weight is 314 g/mol. The van der Waals surface area contributed by atoms with Gasteiger partial charge in [0, 0.05) is 11.3 Å². The van der Waals surface area contributed by atoms with Crippen molar-refractivity contribution in [3.8, 4) is 0 Å². The van der Waals surface area contributed by atoms with Crippen molar-refractivity contribution in [1.29, 1.82) is 0 Å². The number of aliphatic hydroxyl groups is 1. The van der Waals surface area contributed by atoms with Gasteiger partial charge in [0.2, 0.25) is 0 Å². The Morgan fingerprint density at radius 1 is 1.04 bits per heavy atom. The Labute approximate surface area is 139 Å². The molecule has 0 aliphatic heterocycles. The Bertz CT molecular complexity index is 566. The summed E-state index contributed by atoms with van der Waals surface area (Å²) in [4.78, 5) is 12.3. The van der Waals surface area contributed by atoms with Gasteiger partial charge < -0.3 is 5.11 Å². The van der Waals surface area contributed by atoms with Gasteiger partial charge in [0.05, 0.1) is 6.10 Å². The van der Waals surface area contributed by atoms with Gasteiger partial charge in [-0.15, -0.1) is 0 Å². The van der Waals surface area contributed by atoms with E-state index in [9.17, 15) is 9.90 Å². The molecule has 0 unspecified atom stereocenters. The third-order valence-electron chi connectivity index (χ3n) is 9.13.